The summed E-state index contributed by atoms with van der Waals surface area (Å²) in [6.45, 7) is 2.92. The second-order valence-corrected chi connectivity index (χ2v) is 6.33. The predicted molar refractivity (Wildman–Crippen MR) is 83.3 cm³/mol. The molecule has 1 atom stereocenters. The highest BCUT2D eigenvalue weighted by molar-refractivity contribution is 7.12. The average molecular weight is 285 g/mol. The summed E-state index contributed by atoms with van der Waals surface area (Å²) in [5, 5.41) is 2.00. The van der Waals surface area contributed by atoms with Gasteiger partial charge in [0.25, 0.3) is 5.91 Å². The first kappa shape index (κ1) is 13.4. The summed E-state index contributed by atoms with van der Waals surface area (Å²) in [4.78, 5) is 15.6. The van der Waals surface area contributed by atoms with Crippen LogP contribution in [0.5, 0.6) is 0 Å². The van der Waals surface area contributed by atoms with Crippen LogP contribution < -0.4 is 0 Å². The Bertz CT molecular complexity index is 590. The molecule has 1 aromatic carbocycles. The van der Waals surface area contributed by atoms with Gasteiger partial charge in [-0.1, -0.05) is 30.3 Å². The van der Waals surface area contributed by atoms with Crippen molar-refractivity contribution < 1.29 is 4.79 Å². The lowest BCUT2D eigenvalue weighted by atomic mass is 10.0. The van der Waals surface area contributed by atoms with E-state index in [1.165, 1.54) is 5.56 Å². The number of aryl methyl sites for hydroxylation is 1. The van der Waals surface area contributed by atoms with Crippen molar-refractivity contribution in [3.8, 4) is 0 Å². The van der Waals surface area contributed by atoms with Crippen molar-refractivity contribution in [2.24, 2.45) is 0 Å². The Morgan fingerprint density at radius 1 is 1.30 bits per heavy atom. The zero-order valence-electron chi connectivity index (χ0n) is 11.7. The van der Waals surface area contributed by atoms with Gasteiger partial charge in [0.2, 0.25) is 0 Å². The minimum absolute atomic E-state index is 0.218. The van der Waals surface area contributed by atoms with E-state index < -0.39 is 0 Å². The van der Waals surface area contributed by atoms with E-state index in [1.807, 2.05) is 24.4 Å². The van der Waals surface area contributed by atoms with E-state index in [4.69, 9.17) is 0 Å². The van der Waals surface area contributed by atoms with Crippen LogP contribution in [0.25, 0.3) is 0 Å². The molecule has 2 heterocycles. The van der Waals surface area contributed by atoms with Gasteiger partial charge in [0.15, 0.2) is 0 Å². The Morgan fingerprint density at radius 3 is 2.80 bits per heavy atom. The molecule has 1 aliphatic heterocycles. The molecule has 0 bridgehead atoms. The minimum atomic E-state index is 0.218. The van der Waals surface area contributed by atoms with Gasteiger partial charge in [-0.2, -0.15) is 0 Å². The first-order chi connectivity index (χ1) is 9.75. The largest absolute Gasteiger partial charge is 0.335 e. The molecule has 1 aliphatic rings. The first-order valence-corrected chi connectivity index (χ1v) is 8.02. The standard InChI is InChI=1S/C17H19NOS/c1-13-9-11-20-16(13)17(19)18-10-5-8-15(18)12-14-6-3-2-4-7-14/h2-4,6-7,9,11,15H,5,8,10,12H2,1H3. The molecule has 1 aromatic heterocycles. The predicted octanol–water partition coefficient (Wildman–Crippen LogP) is 3.90. The van der Waals surface area contributed by atoms with Crippen molar-refractivity contribution in [1.29, 1.82) is 0 Å². The van der Waals surface area contributed by atoms with Crippen LogP contribution in [0, 0.1) is 6.92 Å². The van der Waals surface area contributed by atoms with Gasteiger partial charge in [0.05, 0.1) is 4.88 Å². The third kappa shape index (κ3) is 2.63. The lowest BCUT2D eigenvalue weighted by Crippen LogP contribution is -2.36. The molecule has 3 heteroatoms. The number of likely N-dealkylation sites (tertiary alicyclic amines) is 1. The van der Waals surface area contributed by atoms with Crippen LogP contribution in [-0.2, 0) is 6.42 Å². The molecule has 3 rings (SSSR count). The molecule has 1 saturated heterocycles. The molecular formula is C17H19NOS. The lowest BCUT2D eigenvalue weighted by Gasteiger charge is -2.24. The summed E-state index contributed by atoms with van der Waals surface area (Å²) < 4.78 is 0. The van der Waals surface area contributed by atoms with Gasteiger partial charge in [-0.15, -0.1) is 11.3 Å². The third-order valence-corrected chi connectivity index (χ3v) is 5.01. The van der Waals surface area contributed by atoms with Gasteiger partial charge >= 0.3 is 0 Å². The summed E-state index contributed by atoms with van der Waals surface area (Å²) in [5.41, 5.74) is 2.42. The van der Waals surface area contributed by atoms with Crippen LogP contribution in [-0.4, -0.2) is 23.4 Å². The number of hydrogen-bond donors (Lipinski definition) is 0. The molecule has 0 saturated carbocycles. The maximum absolute atomic E-state index is 12.7. The van der Waals surface area contributed by atoms with Crippen LogP contribution in [0.15, 0.2) is 41.8 Å². The highest BCUT2D eigenvalue weighted by atomic mass is 32.1. The first-order valence-electron chi connectivity index (χ1n) is 7.14. The van der Waals surface area contributed by atoms with Crippen LogP contribution in [0.4, 0.5) is 0 Å². The molecule has 20 heavy (non-hydrogen) atoms. The second-order valence-electron chi connectivity index (χ2n) is 5.42. The average Bonchev–Trinajstić information content (AvgIpc) is 3.08. The van der Waals surface area contributed by atoms with Crippen LogP contribution in [0.3, 0.4) is 0 Å². The quantitative estimate of drug-likeness (QED) is 0.837. The number of nitrogens with zero attached hydrogens (tertiary/aromatic N) is 1. The van der Waals surface area contributed by atoms with E-state index in [1.54, 1.807) is 11.3 Å². The van der Waals surface area contributed by atoms with E-state index >= 15 is 0 Å². The number of hydrogen-bond acceptors (Lipinski definition) is 2. The number of thiophene rings is 1. The zero-order valence-corrected chi connectivity index (χ0v) is 12.5. The molecule has 1 amide bonds. The summed E-state index contributed by atoms with van der Waals surface area (Å²) in [6, 6.07) is 12.9. The number of benzene rings is 1. The SMILES string of the molecule is Cc1ccsc1C(=O)N1CCCC1Cc1ccccc1. The number of rotatable bonds is 3. The van der Waals surface area contributed by atoms with E-state index in [2.05, 4.69) is 29.2 Å². The highest BCUT2D eigenvalue weighted by Gasteiger charge is 2.30. The molecule has 0 spiro atoms. The summed E-state index contributed by atoms with van der Waals surface area (Å²) in [6.07, 6.45) is 3.20. The summed E-state index contributed by atoms with van der Waals surface area (Å²) in [7, 11) is 0. The zero-order chi connectivity index (χ0) is 13.9. The molecule has 2 nitrogen and oxygen atoms in total. The van der Waals surface area contributed by atoms with Crippen molar-refractivity contribution in [1.82, 2.24) is 4.90 Å². The smallest absolute Gasteiger partial charge is 0.264 e. The Hall–Kier alpha value is -1.61. The van der Waals surface area contributed by atoms with Gasteiger partial charge in [-0.3, -0.25) is 4.79 Å². The molecule has 2 aromatic rings. The molecule has 1 fully saturated rings. The van der Waals surface area contributed by atoms with Crippen molar-refractivity contribution >= 4 is 17.2 Å². The fourth-order valence-electron chi connectivity index (χ4n) is 2.92. The van der Waals surface area contributed by atoms with E-state index in [0.717, 1.165) is 36.2 Å². The van der Waals surface area contributed by atoms with Gasteiger partial charge in [0.1, 0.15) is 0 Å². The van der Waals surface area contributed by atoms with Crippen molar-refractivity contribution in [2.75, 3.05) is 6.54 Å². The number of amides is 1. The van der Waals surface area contributed by atoms with Crippen molar-refractivity contribution in [3.05, 3.63) is 57.8 Å². The number of carbonyl (C=O) groups is 1. The summed E-state index contributed by atoms with van der Waals surface area (Å²) in [5.74, 6) is 0.218. The van der Waals surface area contributed by atoms with Crippen LogP contribution in [0.2, 0.25) is 0 Å². The van der Waals surface area contributed by atoms with Crippen molar-refractivity contribution in [3.63, 3.8) is 0 Å². The van der Waals surface area contributed by atoms with Crippen LogP contribution >= 0.6 is 11.3 Å². The molecular weight excluding hydrogens is 266 g/mol. The van der Waals surface area contributed by atoms with Gasteiger partial charge in [-0.25, -0.2) is 0 Å². The van der Waals surface area contributed by atoms with Crippen LogP contribution in [0.1, 0.15) is 33.6 Å². The molecule has 0 N–H and O–H groups in total. The monoisotopic (exact) mass is 285 g/mol. The van der Waals surface area contributed by atoms with E-state index in [9.17, 15) is 4.79 Å². The topological polar surface area (TPSA) is 20.3 Å². The van der Waals surface area contributed by atoms with Gasteiger partial charge in [0, 0.05) is 12.6 Å². The molecule has 104 valence electrons. The number of carbonyl (C=O) groups excluding carboxylic acids is 1. The fraction of sp³-hybridized carbons (Fsp3) is 0.353. The lowest BCUT2D eigenvalue weighted by molar-refractivity contribution is 0.0741. The maximum atomic E-state index is 12.7. The third-order valence-electron chi connectivity index (χ3n) is 4.01. The Balaban J connectivity index is 1.76. The highest BCUT2D eigenvalue weighted by Crippen LogP contribution is 2.26. The minimum Gasteiger partial charge on any atom is -0.335 e. The van der Waals surface area contributed by atoms with Crippen molar-refractivity contribution in [2.45, 2.75) is 32.2 Å². The summed E-state index contributed by atoms with van der Waals surface area (Å²) >= 11 is 1.56. The fourth-order valence-corrected chi connectivity index (χ4v) is 3.80. The Kier molecular flexibility index (Phi) is 3.88. The Labute approximate surface area is 124 Å². The molecule has 0 radical (unpaired) electrons. The molecule has 0 aliphatic carbocycles. The van der Waals surface area contributed by atoms with E-state index in [0.29, 0.717) is 6.04 Å². The van der Waals surface area contributed by atoms with Gasteiger partial charge in [-0.05, 0) is 48.8 Å². The second kappa shape index (κ2) is 5.80. The Morgan fingerprint density at radius 2 is 2.10 bits per heavy atom. The molecule has 1 unspecified atom stereocenters. The van der Waals surface area contributed by atoms with E-state index in [-0.39, 0.29) is 5.91 Å². The maximum Gasteiger partial charge on any atom is 0.264 e. The normalized spacial score (nSPS) is 18.4. The van der Waals surface area contributed by atoms with Gasteiger partial charge < -0.3 is 4.90 Å².